The molecule has 0 saturated heterocycles. The Morgan fingerprint density at radius 2 is 0.645 bits per heavy atom. The molecule has 0 aliphatic carbocycles. The van der Waals surface area contributed by atoms with Crippen LogP contribution in [0.25, 0.3) is 0 Å². The molecule has 0 N–H and O–H groups in total. The largest absolute Gasteiger partial charge is 0.0622 e. The average Bonchev–Trinajstić information content (AvgIpc) is 2.82. The summed E-state index contributed by atoms with van der Waals surface area (Å²) in [4.78, 5) is 0. The lowest BCUT2D eigenvalue weighted by atomic mass is 10.4. The van der Waals surface area contributed by atoms with E-state index in [0.717, 1.165) is 10.6 Å². The lowest BCUT2D eigenvalue weighted by Crippen LogP contribution is -2.32. The van der Waals surface area contributed by atoms with Gasteiger partial charge in [-0.1, -0.05) is 135 Å². The summed E-state index contributed by atoms with van der Waals surface area (Å²) in [7, 11) is -1.02. The van der Waals surface area contributed by atoms with Gasteiger partial charge in [-0.05, 0) is 47.6 Å². The van der Waals surface area contributed by atoms with Gasteiger partial charge in [0.1, 0.15) is 0 Å². The molecule has 4 rings (SSSR count). The van der Waals surface area contributed by atoms with Crippen molar-refractivity contribution in [1.29, 1.82) is 0 Å². The topological polar surface area (TPSA) is 0 Å². The lowest BCUT2D eigenvalue weighted by Gasteiger charge is -2.31. The van der Waals surface area contributed by atoms with Crippen LogP contribution in [0.1, 0.15) is 13.8 Å². The predicted molar refractivity (Wildman–Crippen MR) is 146 cm³/mol. The number of hydrogen-bond donors (Lipinski definition) is 0. The summed E-state index contributed by atoms with van der Waals surface area (Å²) in [6.45, 7) is 5.05. The molecule has 4 aromatic carbocycles. The maximum atomic E-state index is 2.53. The fourth-order valence-corrected chi connectivity index (χ4v) is 16.6. The van der Waals surface area contributed by atoms with Gasteiger partial charge in [0.2, 0.25) is 0 Å². The van der Waals surface area contributed by atoms with E-state index in [-0.39, 0.29) is 25.4 Å². The fraction of sp³-hybridized carbons (Fsp3) is 0.143. The van der Waals surface area contributed by atoms with Crippen LogP contribution in [0.2, 0.25) is 0 Å². The van der Waals surface area contributed by atoms with E-state index in [2.05, 4.69) is 135 Å². The Bertz CT molecular complexity index is 873. The Kier molecular flexibility index (Phi) is 7.87. The summed E-state index contributed by atoms with van der Waals surface area (Å²) >= 11 is 0. The van der Waals surface area contributed by atoms with Gasteiger partial charge in [-0.3, -0.25) is 0 Å². The highest BCUT2D eigenvalue weighted by Crippen LogP contribution is 2.44. The van der Waals surface area contributed by atoms with Gasteiger partial charge in [0.05, 0.1) is 0 Å². The molecule has 0 aliphatic rings. The predicted octanol–water partition coefficient (Wildman–Crippen LogP) is 5.11. The first kappa shape index (κ1) is 22.2. The molecular formula is C28H30P2Si. The molecule has 0 spiro atoms. The van der Waals surface area contributed by atoms with Crippen LogP contribution in [-0.2, 0) is 0 Å². The minimum atomic E-state index is -0.352. The van der Waals surface area contributed by atoms with Crippen LogP contribution in [0.5, 0.6) is 0 Å². The normalized spacial score (nSPS) is 13.7. The molecule has 0 aliphatic heterocycles. The van der Waals surface area contributed by atoms with E-state index in [1.165, 1.54) is 21.2 Å². The molecule has 0 nitrogen and oxygen atoms in total. The third kappa shape index (κ3) is 5.61. The lowest BCUT2D eigenvalue weighted by molar-refractivity contribution is 1.26. The van der Waals surface area contributed by atoms with Crippen LogP contribution in [0.15, 0.2) is 121 Å². The Morgan fingerprint density at radius 1 is 0.419 bits per heavy atom. The third-order valence-electron chi connectivity index (χ3n) is 5.70. The minimum absolute atomic E-state index is 0.335. The Labute approximate surface area is 192 Å². The van der Waals surface area contributed by atoms with Crippen LogP contribution in [-0.4, -0.2) is 20.1 Å². The molecule has 4 aromatic rings. The quantitative estimate of drug-likeness (QED) is 0.255. The summed E-state index contributed by atoms with van der Waals surface area (Å²) in [5.41, 5.74) is 0. The zero-order valence-electron chi connectivity index (χ0n) is 18.3. The van der Waals surface area contributed by atoms with Gasteiger partial charge in [0, 0.05) is 9.52 Å². The van der Waals surface area contributed by atoms with Crippen LogP contribution in [0, 0.1) is 0 Å². The van der Waals surface area contributed by atoms with Crippen molar-refractivity contribution in [2.24, 2.45) is 0 Å². The molecule has 0 bridgehead atoms. The molecule has 0 aromatic heterocycles. The Morgan fingerprint density at radius 3 is 0.871 bits per heavy atom. The van der Waals surface area contributed by atoms with Crippen molar-refractivity contribution in [2.75, 3.05) is 0 Å². The standard InChI is InChI=1S/C28H30P2Si/c1-23(29(25-15-7-3-8-16-25)26-17-9-4-10-18-26)31-24(2)30(27-19-11-5-12-20-27)28-21-13-6-14-22-28/h3-24H,31H2,1-2H3. The smallest absolute Gasteiger partial charge is 0.0379 e. The molecule has 0 heterocycles. The van der Waals surface area contributed by atoms with E-state index >= 15 is 0 Å². The second-order valence-electron chi connectivity index (χ2n) is 8.02. The maximum absolute atomic E-state index is 2.53. The molecule has 0 radical (unpaired) electrons. The summed E-state index contributed by atoms with van der Waals surface area (Å²) in [6, 6.07) is 44.9. The summed E-state index contributed by atoms with van der Waals surface area (Å²) in [5, 5.41) is 7.54. The van der Waals surface area contributed by atoms with E-state index in [0.29, 0.717) is 0 Å². The van der Waals surface area contributed by atoms with Crippen molar-refractivity contribution >= 4 is 46.6 Å². The van der Waals surface area contributed by atoms with Crippen molar-refractivity contribution in [1.82, 2.24) is 0 Å². The van der Waals surface area contributed by atoms with Crippen molar-refractivity contribution in [3.8, 4) is 0 Å². The van der Waals surface area contributed by atoms with Crippen molar-refractivity contribution in [3.05, 3.63) is 121 Å². The highest BCUT2D eigenvalue weighted by Gasteiger charge is 2.28. The van der Waals surface area contributed by atoms with Gasteiger partial charge in [0.25, 0.3) is 0 Å². The van der Waals surface area contributed by atoms with E-state index in [9.17, 15) is 0 Å². The average molecular weight is 457 g/mol. The zero-order chi connectivity index (χ0) is 21.5. The van der Waals surface area contributed by atoms with E-state index in [1.54, 1.807) is 0 Å². The van der Waals surface area contributed by atoms with Crippen molar-refractivity contribution in [2.45, 2.75) is 24.4 Å². The second-order valence-corrected chi connectivity index (χ2v) is 17.6. The molecule has 156 valence electrons. The Balaban J connectivity index is 1.65. The van der Waals surface area contributed by atoms with Crippen LogP contribution in [0.4, 0.5) is 0 Å². The van der Waals surface area contributed by atoms with Gasteiger partial charge in [-0.2, -0.15) is 0 Å². The number of hydrogen-bond acceptors (Lipinski definition) is 0. The van der Waals surface area contributed by atoms with E-state index in [1.807, 2.05) is 0 Å². The van der Waals surface area contributed by atoms with Crippen LogP contribution >= 0.6 is 15.8 Å². The molecule has 2 unspecified atom stereocenters. The van der Waals surface area contributed by atoms with Gasteiger partial charge in [-0.15, -0.1) is 0 Å². The highest BCUT2D eigenvalue weighted by molar-refractivity contribution is 7.77. The van der Waals surface area contributed by atoms with Crippen LogP contribution in [0.3, 0.4) is 0 Å². The molecule has 2 atom stereocenters. The fourth-order valence-electron chi connectivity index (χ4n) is 4.37. The zero-order valence-corrected chi connectivity index (χ0v) is 21.5. The second kappa shape index (κ2) is 11.0. The number of rotatable bonds is 8. The molecule has 31 heavy (non-hydrogen) atoms. The van der Waals surface area contributed by atoms with E-state index in [4.69, 9.17) is 0 Å². The first-order chi connectivity index (χ1) is 15.2. The van der Waals surface area contributed by atoms with Gasteiger partial charge >= 0.3 is 0 Å². The van der Waals surface area contributed by atoms with Gasteiger partial charge < -0.3 is 0 Å². The SMILES string of the molecule is CC([SiH2]C(C)P(c1ccccc1)c1ccccc1)P(c1ccccc1)c1ccccc1. The molecule has 0 amide bonds. The monoisotopic (exact) mass is 456 g/mol. The molecular weight excluding hydrogens is 426 g/mol. The highest BCUT2D eigenvalue weighted by atomic mass is 31.1. The van der Waals surface area contributed by atoms with Crippen LogP contribution < -0.4 is 21.2 Å². The molecule has 0 fully saturated rings. The third-order valence-corrected chi connectivity index (χ3v) is 15.7. The van der Waals surface area contributed by atoms with Crippen molar-refractivity contribution < 1.29 is 0 Å². The first-order valence-corrected chi connectivity index (χ1v) is 15.5. The molecule has 0 saturated carbocycles. The van der Waals surface area contributed by atoms with Gasteiger partial charge in [-0.25, -0.2) is 0 Å². The summed E-state index contributed by atoms with van der Waals surface area (Å²) < 4.78 is 0. The van der Waals surface area contributed by atoms with Gasteiger partial charge in [0.15, 0.2) is 0 Å². The number of benzene rings is 4. The summed E-state index contributed by atoms with van der Waals surface area (Å²) in [5.74, 6) is 0. The maximum Gasteiger partial charge on any atom is 0.0379 e. The summed E-state index contributed by atoms with van der Waals surface area (Å²) in [6.07, 6.45) is 0. The Hall–Kier alpha value is -2.04. The molecule has 3 heteroatoms. The van der Waals surface area contributed by atoms with Crippen molar-refractivity contribution in [3.63, 3.8) is 0 Å². The first-order valence-electron chi connectivity index (χ1n) is 11.0. The van der Waals surface area contributed by atoms with E-state index < -0.39 is 0 Å². The minimum Gasteiger partial charge on any atom is -0.0622 e.